The van der Waals surface area contributed by atoms with Crippen molar-refractivity contribution in [3.05, 3.63) is 48.0 Å². The highest BCUT2D eigenvalue weighted by molar-refractivity contribution is 5.86. The predicted molar refractivity (Wildman–Crippen MR) is 80.6 cm³/mol. The Bertz CT molecular complexity index is 679. The molecule has 0 saturated heterocycles. The number of rotatable bonds is 2. The van der Waals surface area contributed by atoms with E-state index >= 15 is 0 Å². The van der Waals surface area contributed by atoms with Crippen molar-refractivity contribution in [1.29, 1.82) is 0 Å². The lowest BCUT2D eigenvalue weighted by molar-refractivity contribution is 0.985. The third-order valence-electron chi connectivity index (χ3n) is 3.24. The van der Waals surface area contributed by atoms with Gasteiger partial charge in [-0.05, 0) is 25.1 Å². The summed E-state index contributed by atoms with van der Waals surface area (Å²) in [4.78, 5) is 10.2. The minimum absolute atomic E-state index is 0.213. The summed E-state index contributed by atoms with van der Waals surface area (Å²) in [5, 5.41) is 3.33. The monoisotopic (exact) mass is 268 g/mol. The lowest BCUT2D eigenvalue weighted by atomic mass is 10.2. The Labute approximate surface area is 117 Å². The van der Waals surface area contributed by atoms with Crippen LogP contribution in [0.2, 0.25) is 0 Å². The van der Waals surface area contributed by atoms with E-state index in [0.29, 0.717) is 11.4 Å². The van der Waals surface area contributed by atoms with E-state index in [1.165, 1.54) is 0 Å². The lowest BCUT2D eigenvalue weighted by Gasteiger charge is -2.19. The van der Waals surface area contributed by atoms with E-state index in [9.17, 15) is 0 Å². The molecule has 0 amide bonds. The van der Waals surface area contributed by atoms with E-state index in [2.05, 4.69) is 33.2 Å². The zero-order valence-corrected chi connectivity index (χ0v) is 11.2. The topological polar surface area (TPSA) is 93.1 Å². The second kappa shape index (κ2) is 4.73. The first-order valence-electron chi connectivity index (χ1n) is 6.43. The molecule has 102 valence electrons. The molecule has 1 aliphatic rings. The number of nitrogens with one attached hydrogen (secondary N) is 1. The third kappa shape index (κ3) is 1.91. The van der Waals surface area contributed by atoms with Gasteiger partial charge < -0.3 is 21.7 Å². The van der Waals surface area contributed by atoms with Crippen LogP contribution in [-0.2, 0) is 0 Å². The molecule has 0 fully saturated rings. The summed E-state index contributed by atoms with van der Waals surface area (Å²) in [5.74, 6) is 1.04. The molecule has 3 rings (SSSR count). The van der Waals surface area contributed by atoms with Crippen molar-refractivity contribution in [2.24, 2.45) is 5.73 Å². The molecule has 1 aromatic heterocycles. The summed E-state index contributed by atoms with van der Waals surface area (Å²) in [7, 11) is 0. The first-order valence-corrected chi connectivity index (χ1v) is 6.43. The average molecular weight is 268 g/mol. The molecule has 2 heterocycles. The Hall–Kier alpha value is -2.76. The third-order valence-corrected chi connectivity index (χ3v) is 3.24. The van der Waals surface area contributed by atoms with Gasteiger partial charge in [0.1, 0.15) is 5.82 Å². The van der Waals surface area contributed by atoms with Gasteiger partial charge in [0, 0.05) is 12.7 Å². The van der Waals surface area contributed by atoms with Crippen molar-refractivity contribution < 1.29 is 0 Å². The standard InChI is InChI=1S/C14H16N6/c1-2-20-11-6-4-3-5-9(11)18-13(20)12(15)10-7-8-17-14(16)19-10/h3-8,18H,2,15H2,1H3,(H2,16,17,19)/b13-12-. The number of hydrogen-bond donors (Lipinski definition) is 3. The maximum absolute atomic E-state index is 6.24. The van der Waals surface area contributed by atoms with E-state index in [0.717, 1.165) is 23.7 Å². The van der Waals surface area contributed by atoms with Gasteiger partial charge in [-0.2, -0.15) is 0 Å². The first kappa shape index (κ1) is 12.3. The summed E-state index contributed by atoms with van der Waals surface area (Å²) >= 11 is 0. The van der Waals surface area contributed by atoms with Crippen LogP contribution in [0, 0.1) is 0 Å². The normalized spacial score (nSPS) is 15.8. The quantitative estimate of drug-likeness (QED) is 0.766. The molecule has 6 nitrogen and oxygen atoms in total. The fraction of sp³-hybridized carbons (Fsp3) is 0.143. The Morgan fingerprint density at radius 1 is 1.30 bits per heavy atom. The molecule has 2 aromatic rings. The van der Waals surface area contributed by atoms with Crippen LogP contribution in [0.1, 0.15) is 12.6 Å². The van der Waals surface area contributed by atoms with Gasteiger partial charge in [0.05, 0.1) is 22.8 Å². The van der Waals surface area contributed by atoms with Crippen LogP contribution >= 0.6 is 0 Å². The number of fused-ring (bicyclic) bond motifs is 1. The molecule has 20 heavy (non-hydrogen) atoms. The van der Waals surface area contributed by atoms with Gasteiger partial charge in [0.25, 0.3) is 0 Å². The number of nitrogen functional groups attached to an aromatic ring is 1. The number of anilines is 3. The minimum atomic E-state index is 0.213. The summed E-state index contributed by atoms with van der Waals surface area (Å²) < 4.78 is 0. The zero-order valence-electron chi connectivity index (χ0n) is 11.2. The molecule has 0 atom stereocenters. The highest BCUT2D eigenvalue weighted by Crippen LogP contribution is 2.37. The van der Waals surface area contributed by atoms with Gasteiger partial charge >= 0.3 is 0 Å². The molecular formula is C14H16N6. The van der Waals surface area contributed by atoms with Crippen LogP contribution in [0.25, 0.3) is 5.70 Å². The molecular weight excluding hydrogens is 252 g/mol. The summed E-state index contributed by atoms with van der Waals surface area (Å²) in [5.41, 5.74) is 15.2. The van der Waals surface area contributed by atoms with Crippen molar-refractivity contribution in [2.75, 3.05) is 22.5 Å². The molecule has 1 aromatic carbocycles. The maximum atomic E-state index is 6.24. The molecule has 5 N–H and O–H groups in total. The summed E-state index contributed by atoms with van der Waals surface area (Å²) in [6, 6.07) is 9.82. The van der Waals surface area contributed by atoms with Gasteiger partial charge in [-0.3, -0.25) is 0 Å². The van der Waals surface area contributed by atoms with Gasteiger partial charge in [-0.15, -0.1) is 0 Å². The van der Waals surface area contributed by atoms with E-state index in [1.807, 2.05) is 18.2 Å². The number of nitrogens with zero attached hydrogens (tertiary/aromatic N) is 3. The highest BCUT2D eigenvalue weighted by atomic mass is 15.3. The van der Waals surface area contributed by atoms with Gasteiger partial charge in [-0.25, -0.2) is 9.97 Å². The van der Waals surface area contributed by atoms with Gasteiger partial charge in [-0.1, -0.05) is 12.1 Å². The second-order valence-electron chi connectivity index (χ2n) is 4.45. The van der Waals surface area contributed by atoms with Crippen molar-refractivity contribution in [1.82, 2.24) is 9.97 Å². The second-order valence-corrected chi connectivity index (χ2v) is 4.45. The van der Waals surface area contributed by atoms with Crippen LogP contribution in [-0.4, -0.2) is 16.5 Å². The minimum Gasteiger partial charge on any atom is -0.394 e. The number of hydrogen-bond acceptors (Lipinski definition) is 6. The van der Waals surface area contributed by atoms with E-state index in [4.69, 9.17) is 11.5 Å². The Morgan fingerprint density at radius 2 is 2.10 bits per heavy atom. The molecule has 0 aliphatic carbocycles. The van der Waals surface area contributed by atoms with E-state index in [-0.39, 0.29) is 5.95 Å². The number of nitrogens with two attached hydrogens (primary N) is 2. The first-order chi connectivity index (χ1) is 9.70. The molecule has 0 radical (unpaired) electrons. The summed E-state index contributed by atoms with van der Waals surface area (Å²) in [6.45, 7) is 2.88. The van der Waals surface area contributed by atoms with Gasteiger partial charge in [0.15, 0.2) is 0 Å². The fourth-order valence-corrected chi connectivity index (χ4v) is 2.32. The largest absolute Gasteiger partial charge is 0.394 e. The molecule has 0 bridgehead atoms. The molecule has 0 spiro atoms. The van der Waals surface area contributed by atoms with Crippen LogP contribution in [0.3, 0.4) is 0 Å². The zero-order chi connectivity index (χ0) is 14.1. The van der Waals surface area contributed by atoms with Crippen LogP contribution in [0.5, 0.6) is 0 Å². The van der Waals surface area contributed by atoms with E-state index in [1.54, 1.807) is 12.3 Å². The Morgan fingerprint density at radius 3 is 2.85 bits per heavy atom. The predicted octanol–water partition coefficient (Wildman–Crippen LogP) is 1.60. The van der Waals surface area contributed by atoms with Crippen LogP contribution in [0.4, 0.5) is 17.3 Å². The SMILES string of the molecule is CCN1/C(=C(\N)c2ccnc(N)n2)Nc2ccccc21. The fourth-order valence-electron chi connectivity index (χ4n) is 2.32. The van der Waals surface area contributed by atoms with Crippen molar-refractivity contribution in [3.63, 3.8) is 0 Å². The highest BCUT2D eigenvalue weighted by Gasteiger charge is 2.25. The summed E-state index contributed by atoms with van der Waals surface area (Å²) in [6.07, 6.45) is 1.60. The molecule has 1 aliphatic heterocycles. The Balaban J connectivity index is 2.08. The van der Waals surface area contributed by atoms with Crippen LogP contribution in [0.15, 0.2) is 42.3 Å². The van der Waals surface area contributed by atoms with Crippen LogP contribution < -0.4 is 21.7 Å². The van der Waals surface area contributed by atoms with E-state index < -0.39 is 0 Å². The number of para-hydroxylation sites is 2. The smallest absolute Gasteiger partial charge is 0.220 e. The molecule has 0 saturated carbocycles. The van der Waals surface area contributed by atoms with Crippen molar-refractivity contribution in [2.45, 2.75) is 6.92 Å². The lowest BCUT2D eigenvalue weighted by Crippen LogP contribution is -2.24. The average Bonchev–Trinajstić information content (AvgIpc) is 2.85. The van der Waals surface area contributed by atoms with Crippen molar-refractivity contribution in [3.8, 4) is 0 Å². The maximum Gasteiger partial charge on any atom is 0.220 e. The molecule has 0 unspecified atom stereocenters. The van der Waals surface area contributed by atoms with Crippen molar-refractivity contribution >= 4 is 23.0 Å². The Kier molecular flexibility index (Phi) is 2.90. The molecule has 6 heteroatoms. The number of aromatic nitrogens is 2. The number of benzene rings is 1. The van der Waals surface area contributed by atoms with Gasteiger partial charge in [0.2, 0.25) is 5.95 Å².